The third-order valence-corrected chi connectivity index (χ3v) is 4.74. The van der Waals surface area contributed by atoms with Gasteiger partial charge < -0.3 is 0 Å². The number of hydrogen-bond acceptors (Lipinski definition) is 0. The van der Waals surface area contributed by atoms with Gasteiger partial charge in [0.05, 0.1) is 12.5 Å². The van der Waals surface area contributed by atoms with Crippen molar-refractivity contribution in [2.24, 2.45) is 7.05 Å². The van der Waals surface area contributed by atoms with Crippen LogP contribution in [-0.4, -0.2) is 4.57 Å². The Kier molecular flexibility index (Phi) is 4.21. The zero-order valence-corrected chi connectivity index (χ0v) is 16.6. The summed E-state index contributed by atoms with van der Waals surface area (Å²) in [6.45, 7) is 12.3. The first-order valence-corrected chi connectivity index (χ1v) is 8.93. The van der Waals surface area contributed by atoms with E-state index in [9.17, 15) is 4.39 Å². The van der Waals surface area contributed by atoms with Crippen molar-refractivity contribution in [2.45, 2.75) is 52.4 Å². The Bertz CT molecular complexity index is 986. The van der Waals surface area contributed by atoms with Crippen LogP contribution in [0.15, 0.2) is 36.4 Å². The van der Waals surface area contributed by atoms with Gasteiger partial charge in [0, 0.05) is 11.6 Å². The van der Waals surface area contributed by atoms with E-state index in [4.69, 9.17) is 0 Å². The number of fused-ring (bicyclic) bond motifs is 1. The lowest BCUT2D eigenvalue weighted by Crippen LogP contribution is -2.40. The van der Waals surface area contributed by atoms with E-state index in [1.807, 2.05) is 56.7 Å². The smallest absolute Gasteiger partial charge is 0.229 e. The Balaban J connectivity index is 2.56. The van der Waals surface area contributed by atoms with Crippen LogP contribution >= 0.6 is 0 Å². The molecule has 0 radical (unpaired) electrons. The average molecular weight is 357 g/mol. The van der Waals surface area contributed by atoms with Crippen LogP contribution in [0.4, 0.5) is 8.78 Å². The molecule has 3 aromatic rings. The van der Waals surface area contributed by atoms with Gasteiger partial charge in [-0.3, -0.25) is 0 Å². The summed E-state index contributed by atoms with van der Waals surface area (Å²) in [4.78, 5) is 0. The molecule has 0 fully saturated rings. The molecule has 0 unspecified atom stereocenters. The lowest BCUT2D eigenvalue weighted by molar-refractivity contribution is -0.657. The standard InChI is InChI=1S/C22H27F2N2/c1-21(2,3)15-12-14(23)13-16(24)19(15)26-18-11-9-8-10-17(18)25(7)20(26)22(4,5)6/h8-13H,1-7H3/q+1. The molecule has 2 aromatic carbocycles. The molecule has 2 nitrogen and oxygen atoms in total. The Hall–Kier alpha value is -2.23. The van der Waals surface area contributed by atoms with Crippen LogP contribution in [-0.2, 0) is 17.9 Å². The van der Waals surface area contributed by atoms with Crippen molar-refractivity contribution in [1.29, 1.82) is 0 Å². The summed E-state index contributed by atoms with van der Waals surface area (Å²) in [5, 5.41) is 0. The zero-order valence-electron chi connectivity index (χ0n) is 16.6. The first-order valence-electron chi connectivity index (χ1n) is 8.93. The van der Waals surface area contributed by atoms with E-state index in [-0.39, 0.29) is 5.41 Å². The highest BCUT2D eigenvalue weighted by molar-refractivity contribution is 5.75. The summed E-state index contributed by atoms with van der Waals surface area (Å²) in [5.41, 5.74) is 2.38. The van der Waals surface area contributed by atoms with Crippen molar-refractivity contribution in [1.82, 2.24) is 4.57 Å². The first kappa shape index (κ1) is 18.6. The van der Waals surface area contributed by atoms with Crippen molar-refractivity contribution in [3.8, 4) is 5.69 Å². The lowest BCUT2D eigenvalue weighted by Gasteiger charge is -2.24. The second-order valence-electron chi connectivity index (χ2n) is 8.99. The first-order chi connectivity index (χ1) is 11.9. The van der Waals surface area contributed by atoms with Gasteiger partial charge >= 0.3 is 0 Å². The Morgan fingerprint density at radius 3 is 2.08 bits per heavy atom. The Morgan fingerprint density at radius 1 is 0.885 bits per heavy atom. The topological polar surface area (TPSA) is 8.81 Å². The van der Waals surface area contributed by atoms with Crippen LogP contribution in [0.3, 0.4) is 0 Å². The molecule has 0 N–H and O–H groups in total. The Morgan fingerprint density at radius 2 is 1.50 bits per heavy atom. The number of halogens is 2. The minimum atomic E-state index is -0.547. The molecule has 0 bridgehead atoms. The predicted octanol–water partition coefficient (Wildman–Crippen LogP) is 5.33. The number of aromatic nitrogens is 2. The molecule has 0 amide bonds. The predicted molar refractivity (Wildman–Crippen MR) is 102 cm³/mol. The molecule has 0 aliphatic heterocycles. The number of para-hydroxylation sites is 2. The molecule has 26 heavy (non-hydrogen) atoms. The number of imidazole rings is 1. The van der Waals surface area contributed by atoms with Gasteiger partial charge in [0.25, 0.3) is 5.82 Å². The van der Waals surface area contributed by atoms with Crippen molar-refractivity contribution in [2.75, 3.05) is 0 Å². The monoisotopic (exact) mass is 357 g/mol. The van der Waals surface area contributed by atoms with Gasteiger partial charge in [-0.05, 0) is 44.4 Å². The van der Waals surface area contributed by atoms with Crippen LogP contribution in [0.2, 0.25) is 0 Å². The third kappa shape index (κ3) is 2.91. The summed E-state index contributed by atoms with van der Waals surface area (Å²) < 4.78 is 33.3. The highest BCUT2D eigenvalue weighted by Crippen LogP contribution is 2.36. The zero-order chi connectivity index (χ0) is 19.4. The SMILES string of the molecule is C[n+]1c(C(C)(C)C)n(-c2c(F)cc(F)cc2C(C)(C)C)c2ccccc21. The fraction of sp³-hybridized carbons (Fsp3) is 0.409. The highest BCUT2D eigenvalue weighted by Gasteiger charge is 2.37. The van der Waals surface area contributed by atoms with E-state index in [2.05, 4.69) is 25.3 Å². The second kappa shape index (κ2) is 5.90. The molecular weight excluding hydrogens is 330 g/mol. The largest absolute Gasteiger partial charge is 0.267 e. The van der Waals surface area contributed by atoms with Gasteiger partial charge in [0.1, 0.15) is 5.82 Å². The molecule has 3 rings (SSSR count). The van der Waals surface area contributed by atoms with E-state index in [1.54, 1.807) is 0 Å². The second-order valence-corrected chi connectivity index (χ2v) is 8.99. The average Bonchev–Trinajstić information content (AvgIpc) is 2.79. The number of benzene rings is 2. The normalized spacial score (nSPS) is 12.8. The van der Waals surface area contributed by atoms with E-state index in [0.29, 0.717) is 11.3 Å². The molecule has 1 heterocycles. The van der Waals surface area contributed by atoms with Crippen LogP contribution in [0.1, 0.15) is 52.9 Å². The summed E-state index contributed by atoms with van der Waals surface area (Å²) >= 11 is 0. The third-order valence-electron chi connectivity index (χ3n) is 4.74. The Labute approximate surface area is 154 Å². The summed E-state index contributed by atoms with van der Waals surface area (Å²) in [7, 11) is 2.00. The summed E-state index contributed by atoms with van der Waals surface area (Å²) in [6, 6.07) is 10.4. The van der Waals surface area contributed by atoms with Crippen molar-refractivity contribution < 1.29 is 13.3 Å². The van der Waals surface area contributed by atoms with E-state index < -0.39 is 17.0 Å². The summed E-state index contributed by atoms with van der Waals surface area (Å²) in [6.07, 6.45) is 0. The fourth-order valence-corrected chi connectivity index (χ4v) is 3.74. The van der Waals surface area contributed by atoms with Crippen LogP contribution in [0.25, 0.3) is 16.7 Å². The maximum atomic E-state index is 15.2. The van der Waals surface area contributed by atoms with Gasteiger partial charge in [0.2, 0.25) is 0 Å². The van der Waals surface area contributed by atoms with Gasteiger partial charge in [-0.15, -0.1) is 0 Å². The van der Waals surface area contributed by atoms with E-state index in [1.165, 1.54) is 6.07 Å². The molecule has 1 aromatic heterocycles. The molecule has 4 heteroatoms. The number of hydrogen-bond donors (Lipinski definition) is 0. The van der Waals surface area contributed by atoms with Crippen molar-refractivity contribution in [3.05, 3.63) is 59.4 Å². The fourth-order valence-electron chi connectivity index (χ4n) is 3.74. The lowest BCUT2D eigenvalue weighted by atomic mass is 9.85. The number of rotatable bonds is 1. The number of nitrogens with zero attached hydrogens (tertiary/aromatic N) is 2. The van der Waals surface area contributed by atoms with Crippen molar-refractivity contribution >= 4 is 11.0 Å². The molecule has 0 saturated heterocycles. The van der Waals surface area contributed by atoms with Gasteiger partial charge in [-0.2, -0.15) is 4.57 Å². The van der Waals surface area contributed by atoms with Crippen LogP contribution < -0.4 is 4.57 Å². The molecule has 0 aliphatic carbocycles. The van der Waals surface area contributed by atoms with Crippen molar-refractivity contribution in [3.63, 3.8) is 0 Å². The van der Waals surface area contributed by atoms with E-state index in [0.717, 1.165) is 22.9 Å². The minimum Gasteiger partial charge on any atom is -0.229 e. The molecule has 0 saturated carbocycles. The molecular formula is C22H27F2N2+. The number of aryl methyl sites for hydroxylation is 1. The van der Waals surface area contributed by atoms with E-state index >= 15 is 4.39 Å². The van der Waals surface area contributed by atoms with Gasteiger partial charge in [-0.25, -0.2) is 13.3 Å². The minimum absolute atomic E-state index is 0.232. The van der Waals surface area contributed by atoms with Gasteiger partial charge in [-0.1, -0.05) is 32.9 Å². The summed E-state index contributed by atoms with van der Waals surface area (Å²) in [5.74, 6) is -0.120. The maximum Gasteiger partial charge on any atom is 0.267 e. The molecule has 138 valence electrons. The van der Waals surface area contributed by atoms with Crippen LogP contribution in [0, 0.1) is 11.6 Å². The maximum absolute atomic E-state index is 15.2. The molecule has 0 atom stereocenters. The van der Waals surface area contributed by atoms with Crippen LogP contribution in [0.5, 0.6) is 0 Å². The molecule has 0 spiro atoms. The highest BCUT2D eigenvalue weighted by atomic mass is 19.1. The van der Waals surface area contributed by atoms with Gasteiger partial charge in [0.15, 0.2) is 22.5 Å². The molecule has 0 aliphatic rings. The quantitative estimate of drug-likeness (QED) is 0.521.